The summed E-state index contributed by atoms with van der Waals surface area (Å²) < 4.78 is 63.4. The maximum Gasteiger partial charge on any atom is 0.347 e. The van der Waals surface area contributed by atoms with Crippen molar-refractivity contribution >= 4 is 34.0 Å². The number of hydrogen-bond acceptors (Lipinski definition) is 10. The van der Waals surface area contributed by atoms with Crippen molar-refractivity contribution in [1.29, 1.82) is 0 Å². The van der Waals surface area contributed by atoms with E-state index >= 15 is 0 Å². The highest BCUT2D eigenvalue weighted by Crippen LogP contribution is 2.40. The zero-order valence-corrected chi connectivity index (χ0v) is 19.0. The molecule has 0 radical (unpaired) electrons. The third-order valence-corrected chi connectivity index (χ3v) is 6.78. The molecular weight excluding hydrogens is 488 g/mol. The molecule has 0 saturated carbocycles. The number of carbonyl (C=O) groups excluding carboxylic acids is 1. The number of rotatable bonds is 7. The molecule has 1 saturated heterocycles. The molecule has 12 nitrogen and oxygen atoms in total. The van der Waals surface area contributed by atoms with Gasteiger partial charge in [-0.2, -0.15) is 22.2 Å². The number of aliphatic imine (C=N–C) groups is 2. The Morgan fingerprint density at radius 1 is 1.23 bits per heavy atom. The number of halogens is 2. The minimum Gasteiger partial charge on any atom is -0.463 e. The van der Waals surface area contributed by atoms with E-state index < -0.39 is 35.6 Å². The Morgan fingerprint density at radius 3 is 2.63 bits per heavy atom. The molecule has 4 heterocycles. The number of hydrogen-bond donors (Lipinski definition) is 1. The van der Waals surface area contributed by atoms with Gasteiger partial charge in [0.1, 0.15) is 17.7 Å². The second-order valence-electron chi connectivity index (χ2n) is 7.66. The summed E-state index contributed by atoms with van der Waals surface area (Å²) in [6.07, 6.45) is 1.36. The number of amides is 2. The molecule has 2 amide bonds. The number of amidine groups is 1. The quantitative estimate of drug-likeness (QED) is 0.340. The minimum atomic E-state index is -4.13. The number of alkyl halides is 2. The Bertz CT molecular complexity index is 1340. The molecule has 3 aliphatic rings. The molecule has 15 heteroatoms. The smallest absolute Gasteiger partial charge is 0.347 e. The Labute approximate surface area is 198 Å². The third kappa shape index (κ3) is 3.82. The fourth-order valence-corrected chi connectivity index (χ4v) is 4.73. The molecule has 1 aromatic heterocycles. The molecule has 3 aliphatic heterocycles. The fraction of sp³-hybridized carbons (Fsp3) is 0.250. The molecule has 1 aromatic carbocycles. The zero-order chi connectivity index (χ0) is 24.9. The Morgan fingerprint density at radius 2 is 1.97 bits per heavy atom. The van der Waals surface area contributed by atoms with E-state index in [1.54, 1.807) is 31.2 Å². The number of fused-ring (bicyclic) bond motifs is 3. The van der Waals surface area contributed by atoms with Gasteiger partial charge in [-0.05, 0) is 31.2 Å². The summed E-state index contributed by atoms with van der Waals surface area (Å²) in [4.78, 5) is 22.3. The standard InChI is InChI=1S/C20H19F2N7O5S/c1-12-4-6-13(7-5-12)35(31,32)34-10-8-26-19-25-17-16(28(19)29(18(21)22)20(26)30)15(24-11-27(17)23)14-3-2-9-33-14/h2-7,9,11,18-19H,8,10,23H2,1H3. The number of urea groups is 1. The van der Waals surface area contributed by atoms with Gasteiger partial charge in [0, 0.05) is 0 Å². The molecule has 1 unspecified atom stereocenters. The highest BCUT2D eigenvalue weighted by molar-refractivity contribution is 7.86. The lowest BCUT2D eigenvalue weighted by molar-refractivity contribution is -0.0929. The number of furan rings is 1. The summed E-state index contributed by atoms with van der Waals surface area (Å²) in [5.41, 5.74) is 1.05. The molecular formula is C20H19F2N7O5S. The van der Waals surface area contributed by atoms with Crippen molar-refractivity contribution in [2.75, 3.05) is 13.2 Å². The van der Waals surface area contributed by atoms with Gasteiger partial charge >= 0.3 is 12.6 Å². The molecule has 1 fully saturated rings. The van der Waals surface area contributed by atoms with Crippen LogP contribution in [-0.4, -0.2) is 72.5 Å². The first kappa shape index (κ1) is 22.9. The van der Waals surface area contributed by atoms with E-state index in [1.807, 2.05) is 0 Å². The predicted octanol–water partition coefficient (Wildman–Crippen LogP) is 1.75. The molecule has 184 valence electrons. The zero-order valence-electron chi connectivity index (χ0n) is 18.2. The maximum absolute atomic E-state index is 14.0. The Kier molecular flexibility index (Phi) is 5.53. The number of hydrazine groups is 2. The van der Waals surface area contributed by atoms with Gasteiger partial charge in [0.25, 0.3) is 10.1 Å². The highest BCUT2D eigenvalue weighted by atomic mass is 32.2. The Balaban J connectivity index is 1.43. The summed E-state index contributed by atoms with van der Waals surface area (Å²) >= 11 is 0. The van der Waals surface area contributed by atoms with Gasteiger partial charge in [-0.15, -0.1) is 0 Å². The first-order chi connectivity index (χ1) is 16.7. The Hall–Kier alpha value is -3.82. The monoisotopic (exact) mass is 507 g/mol. The van der Waals surface area contributed by atoms with Crippen molar-refractivity contribution < 1.29 is 30.6 Å². The van der Waals surface area contributed by atoms with Crippen LogP contribution in [0, 0.1) is 6.92 Å². The molecule has 2 N–H and O–H groups in total. The maximum atomic E-state index is 14.0. The van der Waals surface area contributed by atoms with Crippen LogP contribution < -0.4 is 5.84 Å². The minimum absolute atomic E-state index is 0.0410. The van der Waals surface area contributed by atoms with Crippen molar-refractivity contribution in [3.8, 4) is 0 Å². The van der Waals surface area contributed by atoms with Gasteiger partial charge in [-0.3, -0.25) is 9.08 Å². The highest BCUT2D eigenvalue weighted by Gasteiger charge is 2.55. The van der Waals surface area contributed by atoms with Crippen LogP contribution in [0.2, 0.25) is 0 Å². The van der Waals surface area contributed by atoms with Crippen LogP contribution in [0.15, 0.2) is 67.7 Å². The van der Waals surface area contributed by atoms with E-state index in [9.17, 15) is 22.0 Å². The number of benzene rings is 1. The third-order valence-electron chi connectivity index (χ3n) is 5.45. The lowest BCUT2D eigenvalue weighted by Gasteiger charge is -2.29. The number of nitrogens with zero attached hydrogens (tertiary/aromatic N) is 6. The lowest BCUT2D eigenvalue weighted by atomic mass is 10.2. The molecule has 0 bridgehead atoms. The molecule has 35 heavy (non-hydrogen) atoms. The van der Waals surface area contributed by atoms with Crippen molar-refractivity contribution in [1.82, 2.24) is 19.9 Å². The van der Waals surface area contributed by atoms with E-state index in [2.05, 4.69) is 9.98 Å². The van der Waals surface area contributed by atoms with Gasteiger partial charge in [-0.25, -0.2) is 30.6 Å². The second kappa shape index (κ2) is 8.44. The van der Waals surface area contributed by atoms with E-state index in [0.29, 0.717) is 0 Å². The number of nitrogens with two attached hydrogens (primary N) is 1. The van der Waals surface area contributed by atoms with Gasteiger partial charge < -0.3 is 4.42 Å². The molecule has 0 aliphatic carbocycles. The first-order valence-electron chi connectivity index (χ1n) is 10.3. The summed E-state index contributed by atoms with van der Waals surface area (Å²) in [5, 5.41) is 2.21. The van der Waals surface area contributed by atoms with Crippen LogP contribution in [0.4, 0.5) is 13.6 Å². The largest absolute Gasteiger partial charge is 0.463 e. The van der Waals surface area contributed by atoms with Crippen LogP contribution in [0.3, 0.4) is 0 Å². The van der Waals surface area contributed by atoms with Gasteiger partial charge in [0.05, 0.1) is 24.3 Å². The number of aryl methyl sites for hydroxylation is 1. The molecule has 2 aromatic rings. The lowest BCUT2D eigenvalue weighted by Crippen LogP contribution is -2.47. The molecule has 5 rings (SSSR count). The van der Waals surface area contributed by atoms with Crippen LogP contribution in [0.1, 0.15) is 11.3 Å². The topological polar surface area (TPSA) is 137 Å². The van der Waals surface area contributed by atoms with Gasteiger partial charge in [0.15, 0.2) is 11.6 Å². The normalized spacial score (nSPS) is 19.7. The fourth-order valence-electron chi connectivity index (χ4n) is 3.83. The van der Waals surface area contributed by atoms with Gasteiger partial charge in [0.2, 0.25) is 6.29 Å². The average molecular weight is 507 g/mol. The summed E-state index contributed by atoms with van der Waals surface area (Å²) in [7, 11) is -4.13. The van der Waals surface area contributed by atoms with Crippen LogP contribution in [0.5, 0.6) is 0 Å². The SMILES string of the molecule is Cc1ccc(S(=O)(=O)OCCN2C(=O)N(C(F)F)N3C4=C(c5ccco5)N=CN(N)C4=NC23)cc1. The first-order valence-corrected chi connectivity index (χ1v) is 11.7. The van der Waals surface area contributed by atoms with Crippen LogP contribution in [-0.2, 0) is 14.3 Å². The van der Waals surface area contributed by atoms with Crippen molar-refractivity contribution in [2.45, 2.75) is 24.7 Å². The van der Waals surface area contributed by atoms with Crippen molar-refractivity contribution in [2.24, 2.45) is 15.8 Å². The molecule has 1 atom stereocenters. The number of carbonyl (C=O) groups is 1. The second-order valence-corrected chi connectivity index (χ2v) is 9.27. The summed E-state index contributed by atoms with van der Waals surface area (Å²) in [6, 6.07) is 8.07. The van der Waals surface area contributed by atoms with Crippen molar-refractivity contribution in [3.63, 3.8) is 0 Å². The van der Waals surface area contributed by atoms with Gasteiger partial charge in [-0.1, -0.05) is 17.7 Å². The molecule has 0 spiro atoms. The summed E-state index contributed by atoms with van der Waals surface area (Å²) in [6.45, 7) is -2.26. The van der Waals surface area contributed by atoms with E-state index in [4.69, 9.17) is 14.4 Å². The van der Waals surface area contributed by atoms with Crippen LogP contribution >= 0.6 is 0 Å². The van der Waals surface area contributed by atoms with E-state index in [-0.39, 0.29) is 39.4 Å². The summed E-state index contributed by atoms with van der Waals surface area (Å²) in [5.74, 6) is 6.25. The van der Waals surface area contributed by atoms with Crippen molar-refractivity contribution in [3.05, 3.63) is 59.7 Å². The predicted molar refractivity (Wildman–Crippen MR) is 117 cm³/mol. The average Bonchev–Trinajstić information content (AvgIpc) is 3.52. The van der Waals surface area contributed by atoms with E-state index in [0.717, 1.165) is 20.5 Å². The van der Waals surface area contributed by atoms with Crippen LogP contribution in [0.25, 0.3) is 5.70 Å². The van der Waals surface area contributed by atoms with E-state index in [1.165, 1.54) is 24.7 Å².